The largest absolute Gasteiger partial charge is 0.489 e. The second-order valence-electron chi connectivity index (χ2n) is 5.18. The lowest BCUT2D eigenvalue weighted by Crippen LogP contribution is -2.41. The molecule has 0 spiro atoms. The second-order valence-corrected chi connectivity index (χ2v) is 5.18. The Bertz CT molecular complexity index is 366. The molecule has 0 aliphatic heterocycles. The monoisotopic (exact) mass is 264 g/mol. The second kappa shape index (κ2) is 8.05. The first-order valence-corrected chi connectivity index (χ1v) is 7.25. The van der Waals surface area contributed by atoms with Gasteiger partial charge in [0.25, 0.3) is 0 Å². The van der Waals surface area contributed by atoms with Crippen LogP contribution in [0, 0.1) is 0 Å². The van der Waals surface area contributed by atoms with Crippen LogP contribution in [0.25, 0.3) is 0 Å². The van der Waals surface area contributed by atoms with Crippen molar-refractivity contribution < 1.29 is 4.74 Å². The number of nitrogens with zero attached hydrogens (tertiary/aromatic N) is 1. The van der Waals surface area contributed by atoms with Gasteiger partial charge in [-0.3, -0.25) is 0 Å². The summed E-state index contributed by atoms with van der Waals surface area (Å²) in [6, 6.07) is 8.64. The lowest BCUT2D eigenvalue weighted by Gasteiger charge is -2.25. The van der Waals surface area contributed by atoms with Crippen LogP contribution in [0.5, 0.6) is 5.75 Å². The molecule has 0 aromatic heterocycles. The lowest BCUT2D eigenvalue weighted by atomic mass is 10.1. The van der Waals surface area contributed by atoms with Crippen LogP contribution < -0.4 is 15.0 Å². The van der Waals surface area contributed by atoms with E-state index in [1.54, 1.807) is 0 Å². The van der Waals surface area contributed by atoms with E-state index in [2.05, 4.69) is 43.1 Å². The van der Waals surface area contributed by atoms with Crippen molar-refractivity contribution >= 4 is 5.69 Å². The Kier molecular flexibility index (Phi) is 6.71. The predicted molar refractivity (Wildman–Crippen MR) is 83.2 cm³/mol. The van der Waals surface area contributed by atoms with E-state index in [1.807, 2.05) is 26.2 Å². The third kappa shape index (κ3) is 5.11. The van der Waals surface area contributed by atoms with E-state index in [4.69, 9.17) is 4.74 Å². The van der Waals surface area contributed by atoms with Gasteiger partial charge in [-0.1, -0.05) is 19.9 Å². The van der Waals surface area contributed by atoms with Crippen molar-refractivity contribution in [3.8, 4) is 5.75 Å². The van der Waals surface area contributed by atoms with Gasteiger partial charge in [-0.2, -0.15) is 0 Å². The highest BCUT2D eigenvalue weighted by molar-refractivity contribution is 5.49. The molecule has 3 heteroatoms. The predicted octanol–water partition coefficient (Wildman–Crippen LogP) is 3.30. The smallest absolute Gasteiger partial charge is 0.121 e. The standard InChI is InChI=1S/C16H28N2O/c1-6-11-17-16(7-2)13(3)19-15-10-8-9-14(12-15)18(4)5/h8-10,12-13,16-17H,6-7,11H2,1-5H3. The average molecular weight is 264 g/mol. The van der Waals surface area contributed by atoms with Crippen molar-refractivity contribution in [1.29, 1.82) is 0 Å². The van der Waals surface area contributed by atoms with Gasteiger partial charge >= 0.3 is 0 Å². The van der Waals surface area contributed by atoms with Crippen LogP contribution in [0.1, 0.15) is 33.6 Å². The van der Waals surface area contributed by atoms with E-state index in [-0.39, 0.29) is 6.10 Å². The summed E-state index contributed by atoms with van der Waals surface area (Å²) in [6.45, 7) is 7.57. The highest BCUT2D eigenvalue weighted by atomic mass is 16.5. The minimum absolute atomic E-state index is 0.175. The first-order valence-electron chi connectivity index (χ1n) is 7.25. The Balaban J connectivity index is 2.64. The molecule has 0 aliphatic rings. The van der Waals surface area contributed by atoms with E-state index in [1.165, 1.54) is 5.69 Å². The van der Waals surface area contributed by atoms with Gasteiger partial charge in [0.05, 0.1) is 0 Å². The maximum Gasteiger partial charge on any atom is 0.121 e. The number of benzene rings is 1. The number of nitrogens with one attached hydrogen (secondary N) is 1. The fourth-order valence-electron chi connectivity index (χ4n) is 2.10. The quantitative estimate of drug-likeness (QED) is 0.779. The van der Waals surface area contributed by atoms with E-state index in [9.17, 15) is 0 Å². The van der Waals surface area contributed by atoms with Gasteiger partial charge in [0.2, 0.25) is 0 Å². The molecule has 1 aromatic carbocycles. The number of hydrogen-bond donors (Lipinski definition) is 1. The summed E-state index contributed by atoms with van der Waals surface area (Å²) in [5.41, 5.74) is 1.17. The van der Waals surface area contributed by atoms with Gasteiger partial charge < -0.3 is 15.0 Å². The third-order valence-electron chi connectivity index (χ3n) is 3.32. The Morgan fingerprint density at radius 1 is 1.26 bits per heavy atom. The molecule has 0 aliphatic carbocycles. The zero-order valence-electron chi connectivity index (χ0n) is 12.9. The molecule has 0 bridgehead atoms. The minimum Gasteiger partial charge on any atom is -0.489 e. The highest BCUT2D eigenvalue weighted by Gasteiger charge is 2.16. The molecular formula is C16H28N2O. The summed E-state index contributed by atoms with van der Waals surface area (Å²) in [4.78, 5) is 2.09. The van der Waals surface area contributed by atoms with Crippen molar-refractivity contribution in [2.75, 3.05) is 25.5 Å². The van der Waals surface area contributed by atoms with E-state index in [0.717, 1.165) is 25.1 Å². The fraction of sp³-hybridized carbons (Fsp3) is 0.625. The van der Waals surface area contributed by atoms with E-state index >= 15 is 0 Å². The van der Waals surface area contributed by atoms with Crippen LogP contribution in [0.4, 0.5) is 5.69 Å². The molecule has 19 heavy (non-hydrogen) atoms. The Morgan fingerprint density at radius 2 is 2.00 bits per heavy atom. The van der Waals surface area contributed by atoms with Crippen LogP contribution in [0.2, 0.25) is 0 Å². The molecule has 0 saturated heterocycles. The summed E-state index contributed by atoms with van der Waals surface area (Å²) < 4.78 is 6.07. The summed E-state index contributed by atoms with van der Waals surface area (Å²) >= 11 is 0. The Hall–Kier alpha value is -1.22. The Labute approximate surface area is 118 Å². The van der Waals surface area contributed by atoms with Gasteiger partial charge in [0.15, 0.2) is 0 Å². The molecule has 2 unspecified atom stereocenters. The van der Waals surface area contributed by atoms with Gasteiger partial charge in [-0.15, -0.1) is 0 Å². The summed E-state index contributed by atoms with van der Waals surface area (Å²) in [7, 11) is 4.08. The molecule has 1 aromatic rings. The first-order chi connectivity index (χ1) is 9.08. The summed E-state index contributed by atoms with van der Waals surface area (Å²) in [5.74, 6) is 0.940. The molecule has 1 rings (SSSR count). The highest BCUT2D eigenvalue weighted by Crippen LogP contribution is 2.21. The van der Waals surface area contributed by atoms with Gasteiger partial charge in [-0.05, 0) is 38.4 Å². The molecule has 1 N–H and O–H groups in total. The molecule has 108 valence electrons. The van der Waals surface area contributed by atoms with Crippen LogP contribution >= 0.6 is 0 Å². The van der Waals surface area contributed by atoms with Gasteiger partial charge in [0, 0.05) is 31.9 Å². The molecule has 0 radical (unpaired) electrons. The molecule has 0 saturated carbocycles. The maximum atomic E-state index is 6.07. The average Bonchev–Trinajstić information content (AvgIpc) is 2.40. The molecule has 0 amide bonds. The first kappa shape index (κ1) is 15.8. The fourth-order valence-corrected chi connectivity index (χ4v) is 2.10. The van der Waals surface area contributed by atoms with E-state index < -0.39 is 0 Å². The third-order valence-corrected chi connectivity index (χ3v) is 3.32. The number of rotatable bonds is 8. The number of ether oxygens (including phenoxy) is 1. The summed E-state index contributed by atoms with van der Waals surface area (Å²) in [6.07, 6.45) is 2.40. The molecule has 0 heterocycles. The van der Waals surface area contributed by atoms with Crippen molar-refractivity contribution in [2.45, 2.75) is 45.8 Å². The molecule has 0 fully saturated rings. The van der Waals surface area contributed by atoms with Crippen LogP contribution in [-0.4, -0.2) is 32.8 Å². The van der Waals surface area contributed by atoms with Crippen LogP contribution in [0.3, 0.4) is 0 Å². The maximum absolute atomic E-state index is 6.07. The minimum atomic E-state index is 0.175. The van der Waals surface area contributed by atoms with E-state index in [0.29, 0.717) is 6.04 Å². The SMILES string of the molecule is CCCNC(CC)C(C)Oc1cccc(N(C)C)c1. The van der Waals surface area contributed by atoms with Gasteiger partial charge in [0.1, 0.15) is 11.9 Å². The molecule has 3 nitrogen and oxygen atoms in total. The van der Waals surface area contributed by atoms with Crippen LogP contribution in [0.15, 0.2) is 24.3 Å². The summed E-state index contributed by atoms with van der Waals surface area (Å²) in [5, 5.41) is 3.54. The Morgan fingerprint density at radius 3 is 2.58 bits per heavy atom. The zero-order chi connectivity index (χ0) is 14.3. The van der Waals surface area contributed by atoms with Crippen molar-refractivity contribution in [2.24, 2.45) is 0 Å². The number of hydrogen-bond acceptors (Lipinski definition) is 3. The normalized spacial score (nSPS) is 13.9. The van der Waals surface area contributed by atoms with Crippen molar-refractivity contribution in [3.63, 3.8) is 0 Å². The lowest BCUT2D eigenvalue weighted by molar-refractivity contribution is 0.167. The zero-order valence-corrected chi connectivity index (χ0v) is 12.9. The van der Waals surface area contributed by atoms with Crippen molar-refractivity contribution in [3.05, 3.63) is 24.3 Å². The molecular weight excluding hydrogens is 236 g/mol. The topological polar surface area (TPSA) is 24.5 Å². The van der Waals surface area contributed by atoms with Gasteiger partial charge in [-0.25, -0.2) is 0 Å². The van der Waals surface area contributed by atoms with Crippen molar-refractivity contribution in [1.82, 2.24) is 5.32 Å². The van der Waals surface area contributed by atoms with Crippen LogP contribution in [-0.2, 0) is 0 Å². The molecule has 2 atom stereocenters. The number of anilines is 1.